The molecule has 1 heterocycles. The lowest BCUT2D eigenvalue weighted by Crippen LogP contribution is -2.42. The number of thioether (sulfide) groups is 1. The summed E-state index contributed by atoms with van der Waals surface area (Å²) in [6.07, 6.45) is 4.08. The van der Waals surface area contributed by atoms with E-state index >= 15 is 0 Å². The first-order chi connectivity index (χ1) is 19.4. The highest BCUT2D eigenvalue weighted by Crippen LogP contribution is 2.30. The van der Waals surface area contributed by atoms with Crippen LogP contribution in [0.15, 0.2) is 83.5 Å². The Balaban J connectivity index is 1.55. The maximum Gasteiger partial charge on any atom is 0.328 e. The molecule has 4 rings (SSSR count). The number of methoxy groups -OCH3 is 1. The summed E-state index contributed by atoms with van der Waals surface area (Å²) in [5.74, 6) is 0.652. The van der Waals surface area contributed by atoms with Crippen LogP contribution in [-0.2, 0) is 27.5 Å². The van der Waals surface area contributed by atoms with Crippen molar-refractivity contribution in [3.63, 3.8) is 0 Å². The normalized spacial score (nSPS) is 11.7. The lowest BCUT2D eigenvalue weighted by molar-refractivity contribution is -0.142. The Hall–Kier alpha value is -3.52. The van der Waals surface area contributed by atoms with E-state index in [4.69, 9.17) is 25.5 Å². The highest BCUT2D eigenvalue weighted by Gasteiger charge is 2.24. The summed E-state index contributed by atoms with van der Waals surface area (Å²) in [5, 5.41) is 3.55. The average molecular weight is 578 g/mol. The van der Waals surface area contributed by atoms with Gasteiger partial charge in [-0.05, 0) is 83.5 Å². The van der Waals surface area contributed by atoms with Gasteiger partial charge < -0.3 is 19.2 Å². The Morgan fingerprint density at radius 3 is 2.48 bits per heavy atom. The SMILES string of the molecule is COC(=O)C(CCSC)NC(=O)c1ccc(COCc2occc2-c2ccc(Cl)cc2)cc1-c1ccccc1C. The number of carbonyl (C=O) groups excluding carboxylic acids is 2. The summed E-state index contributed by atoms with van der Waals surface area (Å²) in [6, 6.07) is 22.3. The molecular weight excluding hydrogens is 546 g/mol. The van der Waals surface area contributed by atoms with Crippen molar-refractivity contribution in [2.75, 3.05) is 19.1 Å². The van der Waals surface area contributed by atoms with Gasteiger partial charge in [0, 0.05) is 16.1 Å². The van der Waals surface area contributed by atoms with E-state index in [0.29, 0.717) is 23.6 Å². The molecule has 6 nitrogen and oxygen atoms in total. The van der Waals surface area contributed by atoms with E-state index in [1.807, 2.05) is 79.9 Å². The molecular formula is C32H32ClNO5S. The number of benzene rings is 3. The molecule has 0 saturated heterocycles. The average Bonchev–Trinajstić information content (AvgIpc) is 3.43. The minimum atomic E-state index is -0.721. The van der Waals surface area contributed by atoms with Gasteiger partial charge in [-0.1, -0.05) is 54.1 Å². The van der Waals surface area contributed by atoms with Crippen LogP contribution in [0.2, 0.25) is 5.02 Å². The number of hydrogen-bond donors (Lipinski definition) is 1. The number of hydrogen-bond acceptors (Lipinski definition) is 6. The number of rotatable bonds is 12. The zero-order valence-electron chi connectivity index (χ0n) is 22.7. The highest BCUT2D eigenvalue weighted by molar-refractivity contribution is 7.98. The van der Waals surface area contributed by atoms with Gasteiger partial charge in [0.1, 0.15) is 18.4 Å². The van der Waals surface area contributed by atoms with E-state index in [2.05, 4.69) is 5.32 Å². The first-order valence-corrected chi connectivity index (χ1v) is 14.6. The summed E-state index contributed by atoms with van der Waals surface area (Å²) >= 11 is 7.64. The third-order valence-corrected chi connectivity index (χ3v) is 7.46. The fourth-order valence-electron chi connectivity index (χ4n) is 4.44. The molecule has 0 spiro atoms. The van der Waals surface area contributed by atoms with Gasteiger partial charge in [-0.25, -0.2) is 4.79 Å². The van der Waals surface area contributed by atoms with Crippen LogP contribution in [0.5, 0.6) is 0 Å². The van der Waals surface area contributed by atoms with Crippen LogP contribution >= 0.6 is 23.4 Å². The van der Waals surface area contributed by atoms with Gasteiger partial charge in [0.2, 0.25) is 0 Å². The van der Waals surface area contributed by atoms with Crippen molar-refractivity contribution >= 4 is 35.2 Å². The molecule has 4 aromatic rings. The monoisotopic (exact) mass is 577 g/mol. The van der Waals surface area contributed by atoms with Crippen LogP contribution in [0.25, 0.3) is 22.3 Å². The van der Waals surface area contributed by atoms with Gasteiger partial charge in [-0.15, -0.1) is 0 Å². The number of esters is 1. The number of halogens is 1. The molecule has 208 valence electrons. The molecule has 8 heteroatoms. The van der Waals surface area contributed by atoms with Gasteiger partial charge in [-0.2, -0.15) is 11.8 Å². The van der Waals surface area contributed by atoms with Crippen LogP contribution in [0.4, 0.5) is 0 Å². The van der Waals surface area contributed by atoms with Crippen molar-refractivity contribution in [1.82, 2.24) is 5.32 Å². The van der Waals surface area contributed by atoms with E-state index in [0.717, 1.165) is 44.9 Å². The molecule has 0 bridgehead atoms. The zero-order chi connectivity index (χ0) is 28.5. The van der Waals surface area contributed by atoms with Crippen LogP contribution < -0.4 is 5.32 Å². The molecule has 1 amide bonds. The smallest absolute Gasteiger partial charge is 0.328 e. The third-order valence-electron chi connectivity index (χ3n) is 6.57. The maximum atomic E-state index is 13.4. The number of aryl methyl sites for hydroxylation is 1. The number of furan rings is 1. The van der Waals surface area contributed by atoms with Gasteiger partial charge in [0.25, 0.3) is 5.91 Å². The molecule has 0 saturated carbocycles. The fourth-order valence-corrected chi connectivity index (χ4v) is 5.04. The first kappa shape index (κ1) is 29.5. The molecule has 1 aromatic heterocycles. The van der Waals surface area contributed by atoms with Crippen molar-refractivity contribution in [3.8, 4) is 22.3 Å². The number of carbonyl (C=O) groups is 2. The van der Waals surface area contributed by atoms with Gasteiger partial charge >= 0.3 is 5.97 Å². The summed E-state index contributed by atoms with van der Waals surface area (Å²) in [7, 11) is 1.33. The van der Waals surface area contributed by atoms with E-state index in [9.17, 15) is 9.59 Å². The van der Waals surface area contributed by atoms with Crippen molar-refractivity contribution in [3.05, 3.63) is 107 Å². The quantitative estimate of drug-likeness (QED) is 0.178. The van der Waals surface area contributed by atoms with E-state index in [1.54, 1.807) is 24.1 Å². The third kappa shape index (κ3) is 7.36. The molecule has 0 aliphatic heterocycles. The highest BCUT2D eigenvalue weighted by atomic mass is 35.5. The molecule has 0 aliphatic carbocycles. The van der Waals surface area contributed by atoms with Crippen LogP contribution in [0.3, 0.4) is 0 Å². The van der Waals surface area contributed by atoms with Crippen molar-refractivity contribution in [2.24, 2.45) is 0 Å². The predicted molar refractivity (Wildman–Crippen MR) is 161 cm³/mol. The largest absolute Gasteiger partial charge is 0.467 e. The van der Waals surface area contributed by atoms with Crippen LogP contribution in [0.1, 0.15) is 33.7 Å². The van der Waals surface area contributed by atoms with Gasteiger partial charge in [0.05, 0.1) is 20.0 Å². The molecule has 1 atom stereocenters. The van der Waals surface area contributed by atoms with E-state index in [1.165, 1.54) is 7.11 Å². The zero-order valence-corrected chi connectivity index (χ0v) is 24.3. The predicted octanol–water partition coefficient (Wildman–Crippen LogP) is 7.32. The lowest BCUT2D eigenvalue weighted by atomic mass is 9.93. The fraction of sp³-hybridized carbons (Fsp3) is 0.250. The number of nitrogens with one attached hydrogen (secondary N) is 1. The summed E-state index contributed by atoms with van der Waals surface area (Å²) in [6.45, 7) is 2.61. The van der Waals surface area contributed by atoms with Crippen molar-refractivity contribution in [2.45, 2.75) is 32.6 Å². The molecule has 0 aliphatic rings. The van der Waals surface area contributed by atoms with E-state index < -0.39 is 12.0 Å². The standard InChI is InChI=1S/C32H32ClNO5S/c1-21-6-4-5-7-25(21)28-18-22(8-13-27(28)31(35)34-29(15-17-40-3)32(36)37-2)19-38-20-30-26(14-16-39-30)23-9-11-24(33)12-10-23/h4-14,16,18,29H,15,17,19-20H2,1-3H3,(H,34,35). The topological polar surface area (TPSA) is 77.8 Å². The minimum Gasteiger partial charge on any atom is -0.467 e. The second-order valence-corrected chi connectivity index (χ2v) is 10.7. The summed E-state index contributed by atoms with van der Waals surface area (Å²) in [5.41, 5.74) is 6.06. The van der Waals surface area contributed by atoms with E-state index in [-0.39, 0.29) is 12.5 Å². The number of amides is 1. The second kappa shape index (κ2) is 14.2. The van der Waals surface area contributed by atoms with Crippen LogP contribution in [-0.4, -0.2) is 37.0 Å². The lowest BCUT2D eigenvalue weighted by Gasteiger charge is -2.19. The Morgan fingerprint density at radius 1 is 0.975 bits per heavy atom. The first-order valence-electron chi connectivity index (χ1n) is 12.9. The minimum absolute atomic E-state index is 0.281. The Kier molecular flexibility index (Phi) is 10.5. The van der Waals surface area contributed by atoms with Crippen LogP contribution in [0, 0.1) is 6.92 Å². The molecule has 0 radical (unpaired) electrons. The van der Waals surface area contributed by atoms with Crippen molar-refractivity contribution in [1.29, 1.82) is 0 Å². The van der Waals surface area contributed by atoms with Gasteiger partial charge in [-0.3, -0.25) is 4.79 Å². The Morgan fingerprint density at radius 2 is 1.75 bits per heavy atom. The number of ether oxygens (including phenoxy) is 2. The molecule has 3 aromatic carbocycles. The molecule has 40 heavy (non-hydrogen) atoms. The molecule has 1 unspecified atom stereocenters. The molecule has 0 fully saturated rings. The maximum absolute atomic E-state index is 13.4. The second-order valence-electron chi connectivity index (χ2n) is 9.28. The van der Waals surface area contributed by atoms with Gasteiger partial charge in [0.15, 0.2) is 0 Å². The summed E-state index contributed by atoms with van der Waals surface area (Å²) in [4.78, 5) is 25.8. The summed E-state index contributed by atoms with van der Waals surface area (Å²) < 4.78 is 16.7. The molecule has 1 N–H and O–H groups in total. The Labute approximate surface area is 244 Å². The Bertz CT molecular complexity index is 1450. The van der Waals surface area contributed by atoms with Crippen molar-refractivity contribution < 1.29 is 23.5 Å².